The number of allylic oxidation sites excluding steroid dienone is 4. The standard InChI is InChI=1S/C17H27NO3/c1-11(2)13(4)16(21)15(12(3)10-19)17(5,6)9-14(20)18(7)8/h10H,9H2,1-8H3/b15-12+. The van der Waals surface area contributed by atoms with Gasteiger partial charge in [-0.25, -0.2) is 0 Å². The number of Topliss-reactive ketones (excluding diaryl/α,β-unsaturated/α-hetero) is 1. The molecule has 4 heteroatoms. The highest BCUT2D eigenvalue weighted by Crippen LogP contribution is 2.35. The number of nitrogens with zero attached hydrogens (tertiary/aromatic N) is 1. The van der Waals surface area contributed by atoms with Crippen LogP contribution in [-0.4, -0.2) is 37.0 Å². The van der Waals surface area contributed by atoms with Crippen LogP contribution >= 0.6 is 0 Å². The number of carbonyl (C=O) groups is 3. The molecule has 4 nitrogen and oxygen atoms in total. The Hall–Kier alpha value is -1.71. The first-order valence-electron chi connectivity index (χ1n) is 7.01. The van der Waals surface area contributed by atoms with Crippen molar-refractivity contribution < 1.29 is 14.4 Å². The van der Waals surface area contributed by atoms with Crippen molar-refractivity contribution in [1.82, 2.24) is 4.90 Å². The van der Waals surface area contributed by atoms with Gasteiger partial charge in [-0.15, -0.1) is 0 Å². The lowest BCUT2D eigenvalue weighted by Gasteiger charge is -2.29. The summed E-state index contributed by atoms with van der Waals surface area (Å²) in [7, 11) is 3.36. The van der Waals surface area contributed by atoms with Gasteiger partial charge in [0.2, 0.25) is 5.91 Å². The molecule has 0 aromatic carbocycles. The quantitative estimate of drug-likeness (QED) is 0.559. The summed E-state index contributed by atoms with van der Waals surface area (Å²) < 4.78 is 0. The van der Waals surface area contributed by atoms with Crippen LogP contribution in [0.2, 0.25) is 0 Å². The summed E-state index contributed by atoms with van der Waals surface area (Å²) in [5.74, 6) is -0.227. The van der Waals surface area contributed by atoms with E-state index in [0.717, 1.165) is 5.57 Å². The molecule has 0 heterocycles. The average molecular weight is 293 g/mol. The molecule has 0 fully saturated rings. The minimum absolute atomic E-state index is 0.0705. The predicted octanol–water partition coefficient (Wildman–Crippen LogP) is 2.93. The molecule has 0 aromatic rings. The highest BCUT2D eigenvalue weighted by molar-refractivity contribution is 6.12. The maximum atomic E-state index is 12.7. The Morgan fingerprint density at radius 2 is 1.52 bits per heavy atom. The average Bonchev–Trinajstić information content (AvgIpc) is 2.36. The van der Waals surface area contributed by atoms with Crippen molar-refractivity contribution in [2.24, 2.45) is 5.41 Å². The number of amides is 1. The van der Waals surface area contributed by atoms with E-state index in [9.17, 15) is 14.4 Å². The number of rotatable bonds is 6. The van der Waals surface area contributed by atoms with Gasteiger partial charge in [0, 0.05) is 31.5 Å². The lowest BCUT2D eigenvalue weighted by atomic mass is 9.75. The summed E-state index contributed by atoms with van der Waals surface area (Å²) in [5.41, 5.74) is 1.64. The Morgan fingerprint density at radius 1 is 1.05 bits per heavy atom. The van der Waals surface area contributed by atoms with Crippen LogP contribution in [0, 0.1) is 5.41 Å². The fraction of sp³-hybridized carbons (Fsp3) is 0.588. The van der Waals surface area contributed by atoms with E-state index >= 15 is 0 Å². The third kappa shape index (κ3) is 4.96. The van der Waals surface area contributed by atoms with Gasteiger partial charge in [-0.05, 0) is 38.8 Å². The summed E-state index contributed by atoms with van der Waals surface area (Å²) in [6.45, 7) is 10.7. The van der Waals surface area contributed by atoms with E-state index in [2.05, 4.69) is 0 Å². The Labute approximate surface area is 127 Å². The van der Waals surface area contributed by atoms with Crippen LogP contribution in [-0.2, 0) is 14.4 Å². The van der Waals surface area contributed by atoms with Crippen LogP contribution in [0.25, 0.3) is 0 Å². The lowest BCUT2D eigenvalue weighted by molar-refractivity contribution is -0.130. The van der Waals surface area contributed by atoms with Gasteiger partial charge in [-0.2, -0.15) is 0 Å². The smallest absolute Gasteiger partial charge is 0.222 e. The Kier molecular flexibility index (Phi) is 6.74. The number of hydrogen-bond acceptors (Lipinski definition) is 3. The number of hydrogen-bond donors (Lipinski definition) is 0. The zero-order valence-electron chi connectivity index (χ0n) is 14.5. The van der Waals surface area contributed by atoms with Gasteiger partial charge < -0.3 is 4.90 Å². The zero-order chi connectivity index (χ0) is 17.0. The van der Waals surface area contributed by atoms with E-state index in [1.807, 2.05) is 27.7 Å². The molecule has 0 spiro atoms. The molecular formula is C17H27NO3. The van der Waals surface area contributed by atoms with Gasteiger partial charge in [-0.3, -0.25) is 14.4 Å². The molecule has 21 heavy (non-hydrogen) atoms. The molecule has 0 bridgehead atoms. The van der Waals surface area contributed by atoms with Gasteiger partial charge in [0.25, 0.3) is 0 Å². The van der Waals surface area contributed by atoms with Crippen LogP contribution in [0.3, 0.4) is 0 Å². The highest BCUT2D eigenvalue weighted by Gasteiger charge is 2.33. The molecule has 0 aromatic heterocycles. The van der Waals surface area contributed by atoms with Crippen LogP contribution in [0.5, 0.6) is 0 Å². The van der Waals surface area contributed by atoms with E-state index in [1.165, 1.54) is 4.90 Å². The summed E-state index contributed by atoms with van der Waals surface area (Å²) in [5, 5.41) is 0. The van der Waals surface area contributed by atoms with Gasteiger partial charge in [0.05, 0.1) is 0 Å². The summed E-state index contributed by atoms with van der Waals surface area (Å²) >= 11 is 0. The summed E-state index contributed by atoms with van der Waals surface area (Å²) in [6, 6.07) is 0. The van der Waals surface area contributed by atoms with Gasteiger partial charge in [0.1, 0.15) is 6.29 Å². The predicted molar refractivity (Wildman–Crippen MR) is 84.9 cm³/mol. The number of ketones is 1. The topological polar surface area (TPSA) is 54.5 Å². The first-order valence-corrected chi connectivity index (χ1v) is 7.01. The molecule has 0 aliphatic carbocycles. The molecule has 0 unspecified atom stereocenters. The summed E-state index contributed by atoms with van der Waals surface area (Å²) in [6.07, 6.45) is 0.871. The first kappa shape index (κ1) is 19.3. The van der Waals surface area contributed by atoms with E-state index in [-0.39, 0.29) is 18.1 Å². The normalized spacial score (nSPS) is 12.4. The molecule has 0 aliphatic rings. The SMILES string of the molecule is CC(C)=C(C)C(=O)/C(=C(/C)C=O)C(C)(C)CC(=O)N(C)C. The van der Waals surface area contributed by atoms with Gasteiger partial charge in [-0.1, -0.05) is 19.4 Å². The molecular weight excluding hydrogens is 266 g/mol. The second kappa shape index (κ2) is 7.34. The number of aldehydes is 1. The fourth-order valence-corrected chi connectivity index (χ4v) is 2.12. The van der Waals surface area contributed by atoms with Crippen molar-refractivity contribution >= 4 is 18.0 Å². The van der Waals surface area contributed by atoms with Crippen molar-refractivity contribution in [3.8, 4) is 0 Å². The molecule has 0 saturated heterocycles. The molecule has 0 atom stereocenters. The van der Waals surface area contributed by atoms with Crippen molar-refractivity contribution in [2.45, 2.75) is 48.0 Å². The van der Waals surface area contributed by atoms with Gasteiger partial charge >= 0.3 is 0 Å². The number of carbonyl (C=O) groups excluding carboxylic acids is 3. The highest BCUT2D eigenvalue weighted by atomic mass is 16.2. The Morgan fingerprint density at radius 3 is 1.86 bits per heavy atom. The molecule has 1 amide bonds. The van der Waals surface area contributed by atoms with E-state index in [0.29, 0.717) is 23.0 Å². The molecule has 0 N–H and O–H groups in total. The van der Waals surface area contributed by atoms with Crippen LogP contribution in [0.15, 0.2) is 22.3 Å². The van der Waals surface area contributed by atoms with Crippen molar-refractivity contribution in [2.75, 3.05) is 14.1 Å². The lowest BCUT2D eigenvalue weighted by Crippen LogP contribution is -2.32. The molecule has 0 rings (SSSR count). The molecule has 0 aliphatic heterocycles. The van der Waals surface area contributed by atoms with Crippen molar-refractivity contribution in [3.05, 3.63) is 22.3 Å². The van der Waals surface area contributed by atoms with Gasteiger partial charge in [0.15, 0.2) is 5.78 Å². The third-order valence-corrected chi connectivity index (χ3v) is 3.66. The van der Waals surface area contributed by atoms with Crippen molar-refractivity contribution in [1.29, 1.82) is 0 Å². The fourth-order valence-electron chi connectivity index (χ4n) is 2.12. The Balaban J connectivity index is 5.88. The van der Waals surface area contributed by atoms with Crippen LogP contribution in [0.1, 0.15) is 48.0 Å². The second-order valence-corrected chi connectivity index (χ2v) is 6.48. The van der Waals surface area contributed by atoms with E-state index in [4.69, 9.17) is 0 Å². The monoisotopic (exact) mass is 293 g/mol. The van der Waals surface area contributed by atoms with E-state index in [1.54, 1.807) is 27.9 Å². The molecule has 0 radical (unpaired) electrons. The zero-order valence-corrected chi connectivity index (χ0v) is 14.5. The summed E-state index contributed by atoms with van der Waals surface area (Å²) in [4.78, 5) is 37.4. The maximum absolute atomic E-state index is 12.7. The minimum Gasteiger partial charge on any atom is -0.349 e. The largest absolute Gasteiger partial charge is 0.349 e. The van der Waals surface area contributed by atoms with E-state index < -0.39 is 5.41 Å². The van der Waals surface area contributed by atoms with Crippen LogP contribution < -0.4 is 0 Å². The van der Waals surface area contributed by atoms with Crippen molar-refractivity contribution in [3.63, 3.8) is 0 Å². The molecule has 0 saturated carbocycles. The minimum atomic E-state index is -0.694. The second-order valence-electron chi connectivity index (χ2n) is 6.48. The maximum Gasteiger partial charge on any atom is 0.222 e. The van der Waals surface area contributed by atoms with Crippen LogP contribution in [0.4, 0.5) is 0 Å². The first-order chi connectivity index (χ1) is 9.45. The third-order valence-electron chi connectivity index (χ3n) is 3.66. The molecule has 118 valence electrons. The Bertz CT molecular complexity index is 504.